The maximum atomic E-state index is 12.6. The van der Waals surface area contributed by atoms with Crippen LogP contribution in [-0.4, -0.2) is 46.4 Å². The number of hydrogen-bond acceptors (Lipinski definition) is 7. The molecule has 8 heteroatoms. The van der Waals surface area contributed by atoms with Crippen LogP contribution in [0.3, 0.4) is 0 Å². The third-order valence-corrected chi connectivity index (χ3v) is 3.93. The molecule has 0 heterocycles. The van der Waals surface area contributed by atoms with Gasteiger partial charge in [-0.2, -0.15) is 0 Å². The Hall–Kier alpha value is -3.42. The van der Waals surface area contributed by atoms with Crippen LogP contribution in [0.4, 0.5) is 5.69 Å². The number of anilines is 1. The summed E-state index contributed by atoms with van der Waals surface area (Å²) in [5.41, 5.74) is 0.352. The second kappa shape index (κ2) is 9.50. The van der Waals surface area contributed by atoms with E-state index in [9.17, 15) is 9.59 Å². The summed E-state index contributed by atoms with van der Waals surface area (Å²) in [6.07, 6.45) is -0.827. The van der Waals surface area contributed by atoms with Gasteiger partial charge in [-0.1, -0.05) is 0 Å². The minimum atomic E-state index is -0.827. The highest BCUT2D eigenvalue weighted by Gasteiger charge is 2.22. The number of benzene rings is 2. The Bertz CT molecular complexity index is 833. The van der Waals surface area contributed by atoms with Gasteiger partial charge in [0.05, 0.1) is 39.7 Å². The number of carbonyl (C=O) groups excluding carboxylic acids is 2. The molecule has 0 aromatic heterocycles. The SMILES string of the molecule is COC(=O)c1cc(OC)c(OC)cc1NC(=O)[C@@H](C)Oc1ccc(OC)cc1. The summed E-state index contributed by atoms with van der Waals surface area (Å²) in [7, 11) is 5.71. The normalized spacial score (nSPS) is 11.2. The second-order valence-electron chi connectivity index (χ2n) is 5.67. The molecule has 0 saturated carbocycles. The van der Waals surface area contributed by atoms with Gasteiger partial charge in [0, 0.05) is 12.1 Å². The molecule has 0 spiro atoms. The van der Waals surface area contributed by atoms with Crippen LogP contribution in [0, 0.1) is 0 Å². The fourth-order valence-electron chi connectivity index (χ4n) is 2.41. The lowest BCUT2D eigenvalue weighted by atomic mass is 10.1. The number of methoxy groups -OCH3 is 4. The van der Waals surface area contributed by atoms with Crippen molar-refractivity contribution in [3.8, 4) is 23.0 Å². The molecule has 28 heavy (non-hydrogen) atoms. The number of nitrogens with one attached hydrogen (secondary N) is 1. The minimum absolute atomic E-state index is 0.130. The number of esters is 1. The zero-order valence-electron chi connectivity index (χ0n) is 16.4. The largest absolute Gasteiger partial charge is 0.497 e. The van der Waals surface area contributed by atoms with Crippen molar-refractivity contribution in [1.82, 2.24) is 0 Å². The van der Waals surface area contributed by atoms with E-state index in [2.05, 4.69) is 5.32 Å². The summed E-state index contributed by atoms with van der Waals surface area (Å²) in [6, 6.07) is 9.77. The number of ether oxygens (including phenoxy) is 5. The van der Waals surface area contributed by atoms with Crippen LogP contribution >= 0.6 is 0 Å². The van der Waals surface area contributed by atoms with Crippen LogP contribution in [0.25, 0.3) is 0 Å². The van der Waals surface area contributed by atoms with Crippen molar-refractivity contribution in [2.75, 3.05) is 33.8 Å². The molecule has 8 nitrogen and oxygen atoms in total. The Morgan fingerprint density at radius 3 is 1.96 bits per heavy atom. The van der Waals surface area contributed by atoms with Gasteiger partial charge in [0.15, 0.2) is 17.6 Å². The van der Waals surface area contributed by atoms with Gasteiger partial charge < -0.3 is 29.0 Å². The molecule has 0 aliphatic rings. The zero-order chi connectivity index (χ0) is 20.7. The molecular formula is C20H23NO7. The van der Waals surface area contributed by atoms with E-state index in [0.717, 1.165) is 0 Å². The van der Waals surface area contributed by atoms with Crippen molar-refractivity contribution in [3.05, 3.63) is 42.0 Å². The topological polar surface area (TPSA) is 92.3 Å². The maximum Gasteiger partial charge on any atom is 0.340 e. The van der Waals surface area contributed by atoms with E-state index in [1.54, 1.807) is 38.3 Å². The van der Waals surface area contributed by atoms with Gasteiger partial charge in [0.25, 0.3) is 5.91 Å². The number of amides is 1. The van der Waals surface area contributed by atoms with Crippen LogP contribution < -0.4 is 24.3 Å². The molecule has 0 aliphatic heterocycles. The molecule has 2 aromatic rings. The lowest BCUT2D eigenvalue weighted by molar-refractivity contribution is -0.122. The van der Waals surface area contributed by atoms with Crippen LogP contribution in [0.1, 0.15) is 17.3 Å². The van der Waals surface area contributed by atoms with Crippen LogP contribution in [-0.2, 0) is 9.53 Å². The van der Waals surface area contributed by atoms with Gasteiger partial charge in [-0.3, -0.25) is 4.79 Å². The van der Waals surface area contributed by atoms with E-state index in [-0.39, 0.29) is 11.3 Å². The lowest BCUT2D eigenvalue weighted by Crippen LogP contribution is -2.30. The molecule has 0 fully saturated rings. The van der Waals surface area contributed by atoms with E-state index in [0.29, 0.717) is 23.0 Å². The first-order valence-electron chi connectivity index (χ1n) is 8.39. The zero-order valence-corrected chi connectivity index (χ0v) is 16.4. The molecule has 150 valence electrons. The summed E-state index contributed by atoms with van der Waals surface area (Å²) in [5, 5.41) is 2.67. The molecule has 1 atom stereocenters. The predicted molar refractivity (Wildman–Crippen MR) is 103 cm³/mol. The third kappa shape index (κ3) is 4.85. The maximum absolute atomic E-state index is 12.6. The van der Waals surface area contributed by atoms with Gasteiger partial charge in [0.2, 0.25) is 0 Å². The third-order valence-electron chi connectivity index (χ3n) is 3.93. The molecule has 0 radical (unpaired) electrons. The first-order chi connectivity index (χ1) is 13.4. The van der Waals surface area contributed by atoms with E-state index in [1.807, 2.05) is 0 Å². The van der Waals surface area contributed by atoms with Crippen molar-refractivity contribution < 1.29 is 33.3 Å². The molecule has 1 amide bonds. The molecule has 0 aliphatic carbocycles. The van der Waals surface area contributed by atoms with Crippen molar-refractivity contribution in [2.24, 2.45) is 0 Å². The highest BCUT2D eigenvalue weighted by molar-refractivity contribution is 6.03. The summed E-state index contributed by atoms with van der Waals surface area (Å²) in [5.74, 6) is 0.798. The summed E-state index contributed by atoms with van der Waals surface area (Å²) in [4.78, 5) is 24.7. The minimum Gasteiger partial charge on any atom is -0.497 e. The summed E-state index contributed by atoms with van der Waals surface area (Å²) >= 11 is 0. The lowest BCUT2D eigenvalue weighted by Gasteiger charge is -2.18. The van der Waals surface area contributed by atoms with E-state index >= 15 is 0 Å². The summed E-state index contributed by atoms with van der Waals surface area (Å²) in [6.45, 7) is 1.60. The second-order valence-corrected chi connectivity index (χ2v) is 5.67. The van der Waals surface area contributed by atoms with Gasteiger partial charge in [-0.05, 0) is 31.2 Å². The first kappa shape index (κ1) is 20.9. The Morgan fingerprint density at radius 1 is 0.857 bits per heavy atom. The molecule has 0 unspecified atom stereocenters. The van der Waals surface area contributed by atoms with Gasteiger partial charge in [-0.25, -0.2) is 4.79 Å². The van der Waals surface area contributed by atoms with Gasteiger partial charge >= 0.3 is 5.97 Å². The van der Waals surface area contributed by atoms with Crippen molar-refractivity contribution >= 4 is 17.6 Å². The number of hydrogen-bond donors (Lipinski definition) is 1. The Morgan fingerprint density at radius 2 is 1.43 bits per heavy atom. The summed E-state index contributed by atoms with van der Waals surface area (Å²) < 4.78 is 25.9. The van der Waals surface area contributed by atoms with E-state index in [4.69, 9.17) is 23.7 Å². The average molecular weight is 389 g/mol. The van der Waals surface area contributed by atoms with E-state index < -0.39 is 18.0 Å². The predicted octanol–water partition coefficient (Wildman–Crippen LogP) is 2.91. The van der Waals surface area contributed by atoms with Crippen molar-refractivity contribution in [1.29, 1.82) is 0 Å². The monoisotopic (exact) mass is 389 g/mol. The molecule has 2 rings (SSSR count). The van der Waals surface area contributed by atoms with Gasteiger partial charge in [-0.15, -0.1) is 0 Å². The average Bonchev–Trinajstić information content (AvgIpc) is 2.73. The molecule has 0 saturated heterocycles. The van der Waals surface area contributed by atoms with Gasteiger partial charge in [0.1, 0.15) is 11.5 Å². The smallest absolute Gasteiger partial charge is 0.340 e. The van der Waals surface area contributed by atoms with Crippen molar-refractivity contribution in [2.45, 2.75) is 13.0 Å². The number of rotatable bonds is 8. The quantitative estimate of drug-likeness (QED) is 0.694. The fraction of sp³-hybridized carbons (Fsp3) is 0.300. The molecule has 0 bridgehead atoms. The molecule has 2 aromatic carbocycles. The van der Waals surface area contributed by atoms with E-state index in [1.165, 1.54) is 33.5 Å². The highest BCUT2D eigenvalue weighted by atomic mass is 16.5. The number of carbonyl (C=O) groups is 2. The molecular weight excluding hydrogens is 366 g/mol. The van der Waals surface area contributed by atoms with Crippen LogP contribution in [0.5, 0.6) is 23.0 Å². The molecule has 1 N–H and O–H groups in total. The van der Waals surface area contributed by atoms with Crippen LogP contribution in [0.2, 0.25) is 0 Å². The Kier molecular flexibility index (Phi) is 7.08. The van der Waals surface area contributed by atoms with Crippen molar-refractivity contribution in [3.63, 3.8) is 0 Å². The highest BCUT2D eigenvalue weighted by Crippen LogP contribution is 2.34. The van der Waals surface area contributed by atoms with Crippen LogP contribution in [0.15, 0.2) is 36.4 Å². The Labute approximate surface area is 163 Å². The standard InChI is InChI=1S/C20H23NO7/c1-12(28-14-8-6-13(24-2)7-9-14)19(22)21-16-11-18(26-4)17(25-3)10-15(16)20(23)27-5/h6-12H,1-5H3,(H,21,22)/t12-/m1/s1. The first-order valence-corrected chi connectivity index (χ1v) is 8.39. The fourth-order valence-corrected chi connectivity index (χ4v) is 2.41. The Balaban J connectivity index is 2.21.